The Morgan fingerprint density at radius 3 is 2.53 bits per heavy atom. The molecule has 19 heavy (non-hydrogen) atoms. The molecule has 0 N–H and O–H groups in total. The van der Waals surface area contributed by atoms with Crippen LogP contribution in [0, 0.1) is 0 Å². The van der Waals surface area contributed by atoms with Crippen molar-refractivity contribution in [2.24, 2.45) is 0 Å². The smallest absolute Gasteiger partial charge is 0.150 e. The molecule has 0 amide bonds. The summed E-state index contributed by atoms with van der Waals surface area (Å²) < 4.78 is 5.31. The van der Waals surface area contributed by atoms with Gasteiger partial charge < -0.3 is 4.74 Å². The van der Waals surface area contributed by atoms with Crippen LogP contribution >= 0.6 is 11.6 Å². The molecule has 0 aliphatic rings. The van der Waals surface area contributed by atoms with Crippen LogP contribution in [-0.2, 0) is 4.74 Å². The number of benzene rings is 1. The lowest BCUT2D eigenvalue weighted by Crippen LogP contribution is -1.95. The summed E-state index contributed by atoms with van der Waals surface area (Å²) in [6, 6.07) is 5.34. The van der Waals surface area contributed by atoms with Gasteiger partial charge in [-0.3, -0.25) is 4.79 Å². The fraction of sp³-hybridized carbons (Fsp3) is 0.312. The second kappa shape index (κ2) is 7.15. The van der Waals surface area contributed by atoms with Crippen LogP contribution in [0.1, 0.15) is 43.1 Å². The highest BCUT2D eigenvalue weighted by atomic mass is 35.5. The molecule has 0 aliphatic carbocycles. The number of hydrogen-bond donors (Lipinski definition) is 0. The van der Waals surface area contributed by atoms with Gasteiger partial charge in [-0.15, -0.1) is 0 Å². The summed E-state index contributed by atoms with van der Waals surface area (Å²) in [6.45, 7) is 6.05. The zero-order valence-corrected chi connectivity index (χ0v) is 12.5. The minimum absolute atomic E-state index is 0.561. The SMILES string of the molecule is CCC(=CC(=C(C)C)c1ccc(Cl)cc1C=O)OC. The van der Waals surface area contributed by atoms with Gasteiger partial charge >= 0.3 is 0 Å². The molecule has 0 aliphatic heterocycles. The Hall–Kier alpha value is -1.54. The first-order chi connectivity index (χ1) is 9.03. The fourth-order valence-electron chi connectivity index (χ4n) is 1.83. The second-order valence-corrected chi connectivity index (χ2v) is 4.87. The molecule has 0 fully saturated rings. The van der Waals surface area contributed by atoms with Crippen molar-refractivity contribution in [1.82, 2.24) is 0 Å². The molecule has 2 nitrogen and oxygen atoms in total. The summed E-state index contributed by atoms with van der Waals surface area (Å²) in [5.41, 5.74) is 3.58. The van der Waals surface area contributed by atoms with E-state index >= 15 is 0 Å². The van der Waals surface area contributed by atoms with E-state index in [1.54, 1.807) is 19.2 Å². The molecule has 102 valence electrons. The third-order valence-corrected chi connectivity index (χ3v) is 3.12. The zero-order valence-electron chi connectivity index (χ0n) is 11.8. The average molecular weight is 279 g/mol. The van der Waals surface area contributed by atoms with Crippen molar-refractivity contribution in [3.63, 3.8) is 0 Å². The van der Waals surface area contributed by atoms with Crippen molar-refractivity contribution in [2.75, 3.05) is 7.11 Å². The fourth-order valence-corrected chi connectivity index (χ4v) is 2.01. The molecule has 0 aromatic heterocycles. The highest BCUT2D eigenvalue weighted by molar-refractivity contribution is 6.31. The monoisotopic (exact) mass is 278 g/mol. The van der Waals surface area contributed by atoms with E-state index in [1.165, 1.54) is 0 Å². The van der Waals surface area contributed by atoms with E-state index in [0.29, 0.717) is 10.6 Å². The lowest BCUT2D eigenvalue weighted by Gasteiger charge is -2.11. The number of ether oxygens (including phenoxy) is 1. The molecule has 1 aromatic rings. The van der Waals surface area contributed by atoms with Crippen LogP contribution in [0.15, 0.2) is 35.6 Å². The topological polar surface area (TPSA) is 26.3 Å². The molecule has 0 unspecified atom stereocenters. The normalized spacial score (nSPS) is 11.1. The number of hydrogen-bond acceptors (Lipinski definition) is 2. The zero-order chi connectivity index (χ0) is 14.4. The van der Waals surface area contributed by atoms with E-state index in [9.17, 15) is 4.79 Å². The molecule has 0 bridgehead atoms. The summed E-state index contributed by atoms with van der Waals surface area (Å²) in [4.78, 5) is 11.2. The molecule has 0 saturated carbocycles. The van der Waals surface area contributed by atoms with Gasteiger partial charge in [0.1, 0.15) is 0 Å². The Bertz CT molecular complexity index is 518. The van der Waals surface area contributed by atoms with Gasteiger partial charge in [-0.05, 0) is 43.2 Å². The van der Waals surface area contributed by atoms with Gasteiger partial charge in [-0.2, -0.15) is 0 Å². The summed E-state index contributed by atoms with van der Waals surface area (Å²) in [7, 11) is 1.65. The summed E-state index contributed by atoms with van der Waals surface area (Å²) in [5.74, 6) is 0.878. The summed E-state index contributed by atoms with van der Waals surface area (Å²) >= 11 is 5.93. The van der Waals surface area contributed by atoms with E-state index < -0.39 is 0 Å². The van der Waals surface area contributed by atoms with Crippen LogP contribution in [-0.4, -0.2) is 13.4 Å². The maximum atomic E-state index is 11.2. The van der Waals surface area contributed by atoms with E-state index in [0.717, 1.165) is 35.2 Å². The number of halogens is 1. The number of rotatable bonds is 5. The Morgan fingerprint density at radius 1 is 1.37 bits per heavy atom. The molecule has 1 rings (SSSR count). The predicted octanol–water partition coefficient (Wildman–Crippen LogP) is 4.89. The van der Waals surface area contributed by atoms with Crippen LogP contribution in [0.3, 0.4) is 0 Å². The molecule has 0 atom stereocenters. The van der Waals surface area contributed by atoms with Crippen LogP contribution in [0.25, 0.3) is 5.57 Å². The van der Waals surface area contributed by atoms with Gasteiger partial charge in [0, 0.05) is 17.0 Å². The van der Waals surface area contributed by atoms with Crippen molar-refractivity contribution in [3.8, 4) is 0 Å². The number of carbonyl (C=O) groups excluding carboxylic acids is 1. The van der Waals surface area contributed by atoms with Crippen molar-refractivity contribution < 1.29 is 9.53 Å². The van der Waals surface area contributed by atoms with Crippen LogP contribution < -0.4 is 0 Å². The molecule has 0 saturated heterocycles. The average Bonchev–Trinajstić information content (AvgIpc) is 2.40. The van der Waals surface area contributed by atoms with Crippen LogP contribution in [0.5, 0.6) is 0 Å². The first kappa shape index (κ1) is 15.5. The lowest BCUT2D eigenvalue weighted by atomic mass is 9.96. The van der Waals surface area contributed by atoms with Gasteiger partial charge in [0.2, 0.25) is 0 Å². The number of carbonyl (C=O) groups is 1. The van der Waals surface area contributed by atoms with E-state index in [-0.39, 0.29) is 0 Å². The molecular weight excluding hydrogens is 260 g/mol. The largest absolute Gasteiger partial charge is 0.501 e. The van der Waals surface area contributed by atoms with Gasteiger partial charge in [-0.1, -0.05) is 30.2 Å². The Morgan fingerprint density at radius 2 is 2.05 bits per heavy atom. The van der Waals surface area contributed by atoms with Crippen molar-refractivity contribution in [3.05, 3.63) is 51.8 Å². The van der Waals surface area contributed by atoms with E-state index in [1.807, 2.05) is 32.9 Å². The molecule has 0 radical (unpaired) electrons. The molecule has 1 aromatic carbocycles. The quantitative estimate of drug-likeness (QED) is 0.436. The van der Waals surface area contributed by atoms with Gasteiger partial charge in [0.25, 0.3) is 0 Å². The third kappa shape index (κ3) is 3.97. The molecule has 3 heteroatoms. The minimum atomic E-state index is 0.561. The summed E-state index contributed by atoms with van der Waals surface area (Å²) in [5, 5.41) is 0.561. The molecular formula is C16H19ClO2. The van der Waals surface area contributed by atoms with Gasteiger partial charge in [0.15, 0.2) is 6.29 Å². The maximum Gasteiger partial charge on any atom is 0.150 e. The standard InChI is InChI=1S/C16H19ClO2/c1-5-14(19-4)9-16(11(2)3)15-7-6-13(17)8-12(15)10-18/h6-10H,5H2,1-4H3. The molecule has 0 heterocycles. The van der Waals surface area contributed by atoms with Gasteiger partial charge in [-0.25, -0.2) is 0 Å². The van der Waals surface area contributed by atoms with Crippen molar-refractivity contribution in [2.45, 2.75) is 27.2 Å². The second-order valence-electron chi connectivity index (χ2n) is 4.43. The maximum absolute atomic E-state index is 11.2. The van der Waals surface area contributed by atoms with Crippen LogP contribution in [0.2, 0.25) is 5.02 Å². The Labute approximate surface area is 119 Å². The molecule has 0 spiro atoms. The number of aldehydes is 1. The van der Waals surface area contributed by atoms with E-state index in [4.69, 9.17) is 16.3 Å². The Balaban J connectivity index is 3.41. The Kier molecular flexibility index (Phi) is 5.84. The van der Waals surface area contributed by atoms with Crippen molar-refractivity contribution >= 4 is 23.5 Å². The van der Waals surface area contributed by atoms with E-state index in [2.05, 4.69) is 0 Å². The minimum Gasteiger partial charge on any atom is -0.501 e. The van der Waals surface area contributed by atoms with Crippen molar-refractivity contribution in [1.29, 1.82) is 0 Å². The first-order valence-corrected chi connectivity index (χ1v) is 6.58. The highest BCUT2D eigenvalue weighted by Gasteiger charge is 2.09. The highest BCUT2D eigenvalue weighted by Crippen LogP contribution is 2.27. The summed E-state index contributed by atoms with van der Waals surface area (Å²) in [6.07, 6.45) is 3.61. The number of allylic oxidation sites excluding steroid dienone is 4. The lowest BCUT2D eigenvalue weighted by molar-refractivity contribution is 0.112. The third-order valence-electron chi connectivity index (χ3n) is 2.89. The predicted molar refractivity (Wildman–Crippen MR) is 80.5 cm³/mol. The van der Waals surface area contributed by atoms with Gasteiger partial charge in [0.05, 0.1) is 12.9 Å². The number of methoxy groups -OCH3 is 1. The first-order valence-electron chi connectivity index (χ1n) is 6.20. The van der Waals surface area contributed by atoms with Crippen LogP contribution in [0.4, 0.5) is 0 Å².